The molecule has 1 heterocycles. The van der Waals surface area contributed by atoms with E-state index in [2.05, 4.69) is 27.2 Å². The number of halogens is 1. The van der Waals surface area contributed by atoms with E-state index in [0.29, 0.717) is 12.6 Å². The highest BCUT2D eigenvalue weighted by molar-refractivity contribution is 6.30. The van der Waals surface area contributed by atoms with Crippen molar-refractivity contribution in [2.45, 2.75) is 44.6 Å². The number of nitrogens with one attached hydrogen (secondary N) is 1. The summed E-state index contributed by atoms with van der Waals surface area (Å²) < 4.78 is 0. The summed E-state index contributed by atoms with van der Waals surface area (Å²) >= 11 is 5.95. The van der Waals surface area contributed by atoms with Crippen molar-refractivity contribution in [1.29, 1.82) is 0 Å². The van der Waals surface area contributed by atoms with Gasteiger partial charge in [0.15, 0.2) is 0 Å². The average molecular weight is 350 g/mol. The Morgan fingerprint density at radius 3 is 2.25 bits per heavy atom. The molecule has 1 aromatic carbocycles. The minimum absolute atomic E-state index is 0.196. The lowest BCUT2D eigenvalue weighted by atomic mass is 10.1. The van der Waals surface area contributed by atoms with E-state index in [1.54, 1.807) is 0 Å². The van der Waals surface area contributed by atoms with Crippen LogP contribution in [0.2, 0.25) is 5.02 Å². The number of anilines is 1. The third kappa shape index (κ3) is 5.12. The molecule has 0 spiro atoms. The second kappa shape index (κ2) is 8.72. The Morgan fingerprint density at radius 2 is 1.62 bits per heavy atom. The molecule has 0 atom stereocenters. The monoisotopic (exact) mass is 349 g/mol. The Morgan fingerprint density at radius 1 is 1.00 bits per heavy atom. The Hall–Kier alpha value is -1.26. The molecule has 1 aliphatic heterocycles. The Labute approximate surface area is 150 Å². The minimum Gasteiger partial charge on any atom is -0.369 e. The SMILES string of the molecule is O=C(CN1CCN(c2ccc(Cl)cc2)CC1)NC1CCCCCC1. The molecule has 1 saturated heterocycles. The maximum Gasteiger partial charge on any atom is 0.234 e. The summed E-state index contributed by atoms with van der Waals surface area (Å²) in [5.74, 6) is 0.196. The zero-order chi connectivity index (χ0) is 16.8. The fraction of sp³-hybridized carbons (Fsp3) is 0.632. The van der Waals surface area contributed by atoms with Crippen molar-refractivity contribution >= 4 is 23.2 Å². The van der Waals surface area contributed by atoms with Gasteiger partial charge in [-0.25, -0.2) is 0 Å². The van der Waals surface area contributed by atoms with E-state index in [4.69, 9.17) is 11.6 Å². The van der Waals surface area contributed by atoms with Crippen LogP contribution in [0.25, 0.3) is 0 Å². The zero-order valence-electron chi connectivity index (χ0n) is 14.3. The third-order valence-corrected chi connectivity index (χ3v) is 5.40. The van der Waals surface area contributed by atoms with Crippen LogP contribution in [-0.2, 0) is 4.79 Å². The summed E-state index contributed by atoms with van der Waals surface area (Å²) in [6.07, 6.45) is 7.44. The fourth-order valence-electron chi connectivity index (χ4n) is 3.72. The molecular weight excluding hydrogens is 322 g/mol. The maximum atomic E-state index is 12.3. The van der Waals surface area contributed by atoms with Crippen LogP contribution < -0.4 is 10.2 Å². The van der Waals surface area contributed by atoms with E-state index in [1.165, 1.54) is 31.4 Å². The molecule has 0 bridgehead atoms. The number of hydrogen-bond acceptors (Lipinski definition) is 3. The molecule has 0 aromatic heterocycles. The fourth-order valence-corrected chi connectivity index (χ4v) is 3.84. The number of amides is 1. The molecule has 24 heavy (non-hydrogen) atoms. The van der Waals surface area contributed by atoms with Crippen molar-refractivity contribution in [2.24, 2.45) is 0 Å². The second-order valence-corrected chi connectivity index (χ2v) is 7.43. The van der Waals surface area contributed by atoms with Crippen LogP contribution in [0.3, 0.4) is 0 Å². The van der Waals surface area contributed by atoms with Crippen molar-refractivity contribution < 1.29 is 4.79 Å². The van der Waals surface area contributed by atoms with Gasteiger partial charge in [-0.3, -0.25) is 9.69 Å². The summed E-state index contributed by atoms with van der Waals surface area (Å²) in [4.78, 5) is 16.9. The van der Waals surface area contributed by atoms with Crippen molar-refractivity contribution in [3.05, 3.63) is 29.3 Å². The summed E-state index contributed by atoms with van der Waals surface area (Å²) in [6, 6.07) is 8.40. The van der Waals surface area contributed by atoms with Gasteiger partial charge in [0, 0.05) is 42.9 Å². The topological polar surface area (TPSA) is 35.6 Å². The van der Waals surface area contributed by atoms with Gasteiger partial charge in [0.25, 0.3) is 0 Å². The number of carbonyl (C=O) groups excluding carboxylic acids is 1. The molecule has 1 aromatic rings. The van der Waals surface area contributed by atoms with Crippen LogP contribution in [0.4, 0.5) is 5.69 Å². The van der Waals surface area contributed by atoms with Crippen molar-refractivity contribution in [3.8, 4) is 0 Å². The van der Waals surface area contributed by atoms with Crippen LogP contribution in [0.15, 0.2) is 24.3 Å². The van der Waals surface area contributed by atoms with Gasteiger partial charge in [-0.15, -0.1) is 0 Å². The first kappa shape index (κ1) is 17.6. The standard InChI is InChI=1S/C19H28ClN3O/c20-16-7-9-18(10-8-16)23-13-11-22(12-14-23)15-19(24)21-17-5-3-1-2-4-6-17/h7-10,17H,1-6,11-15H2,(H,21,24). The molecule has 0 radical (unpaired) electrons. The van der Waals surface area contributed by atoms with E-state index in [1.807, 2.05) is 12.1 Å². The highest BCUT2D eigenvalue weighted by atomic mass is 35.5. The molecule has 1 N–H and O–H groups in total. The van der Waals surface area contributed by atoms with Gasteiger partial charge < -0.3 is 10.2 Å². The molecule has 132 valence electrons. The molecule has 1 aliphatic carbocycles. The van der Waals surface area contributed by atoms with Crippen LogP contribution >= 0.6 is 11.6 Å². The number of nitrogens with zero attached hydrogens (tertiary/aromatic N) is 2. The van der Waals surface area contributed by atoms with Gasteiger partial charge in [0.05, 0.1) is 6.54 Å². The van der Waals surface area contributed by atoms with Crippen LogP contribution in [0, 0.1) is 0 Å². The largest absolute Gasteiger partial charge is 0.369 e. The average Bonchev–Trinajstić information content (AvgIpc) is 2.85. The number of benzene rings is 1. The highest BCUT2D eigenvalue weighted by Crippen LogP contribution is 2.20. The predicted octanol–water partition coefficient (Wildman–Crippen LogP) is 3.30. The number of rotatable bonds is 4. The Balaban J connectivity index is 1.41. The Kier molecular flexibility index (Phi) is 6.38. The maximum absolute atomic E-state index is 12.3. The first-order valence-electron chi connectivity index (χ1n) is 9.23. The number of carbonyl (C=O) groups is 1. The normalized spacial score (nSPS) is 20.6. The quantitative estimate of drug-likeness (QED) is 0.847. The van der Waals surface area contributed by atoms with Gasteiger partial charge in [-0.05, 0) is 37.1 Å². The zero-order valence-corrected chi connectivity index (χ0v) is 15.1. The summed E-state index contributed by atoms with van der Waals surface area (Å²) in [7, 11) is 0. The van der Waals surface area contributed by atoms with Gasteiger partial charge in [0.2, 0.25) is 5.91 Å². The van der Waals surface area contributed by atoms with Crippen LogP contribution in [0.5, 0.6) is 0 Å². The lowest BCUT2D eigenvalue weighted by molar-refractivity contribution is -0.123. The lowest BCUT2D eigenvalue weighted by Crippen LogP contribution is -2.50. The third-order valence-electron chi connectivity index (χ3n) is 5.15. The molecule has 1 saturated carbocycles. The molecule has 1 amide bonds. The molecule has 4 nitrogen and oxygen atoms in total. The van der Waals surface area contributed by atoms with E-state index in [-0.39, 0.29) is 5.91 Å². The molecule has 3 rings (SSSR count). The van der Waals surface area contributed by atoms with E-state index in [0.717, 1.165) is 44.0 Å². The molecule has 2 fully saturated rings. The van der Waals surface area contributed by atoms with Crippen molar-refractivity contribution in [1.82, 2.24) is 10.2 Å². The lowest BCUT2D eigenvalue weighted by Gasteiger charge is -2.36. The van der Waals surface area contributed by atoms with Gasteiger partial charge in [-0.2, -0.15) is 0 Å². The summed E-state index contributed by atoms with van der Waals surface area (Å²) in [5.41, 5.74) is 1.21. The van der Waals surface area contributed by atoms with E-state index in [9.17, 15) is 4.79 Å². The van der Waals surface area contributed by atoms with Gasteiger partial charge >= 0.3 is 0 Å². The van der Waals surface area contributed by atoms with Crippen molar-refractivity contribution in [3.63, 3.8) is 0 Å². The van der Waals surface area contributed by atoms with Gasteiger partial charge in [0.1, 0.15) is 0 Å². The number of piperazine rings is 1. The van der Waals surface area contributed by atoms with E-state index >= 15 is 0 Å². The predicted molar refractivity (Wildman–Crippen MR) is 99.7 cm³/mol. The van der Waals surface area contributed by atoms with Gasteiger partial charge in [-0.1, -0.05) is 37.3 Å². The van der Waals surface area contributed by atoms with Crippen molar-refractivity contribution in [2.75, 3.05) is 37.6 Å². The van der Waals surface area contributed by atoms with Crippen LogP contribution in [-0.4, -0.2) is 49.6 Å². The van der Waals surface area contributed by atoms with Crippen LogP contribution in [0.1, 0.15) is 38.5 Å². The summed E-state index contributed by atoms with van der Waals surface area (Å²) in [5, 5.41) is 4.02. The van der Waals surface area contributed by atoms with E-state index < -0.39 is 0 Å². The minimum atomic E-state index is 0.196. The first-order chi connectivity index (χ1) is 11.7. The smallest absolute Gasteiger partial charge is 0.234 e. The molecular formula is C19H28ClN3O. The molecule has 2 aliphatic rings. The first-order valence-corrected chi connectivity index (χ1v) is 9.61. The second-order valence-electron chi connectivity index (χ2n) is 7.00. The highest BCUT2D eigenvalue weighted by Gasteiger charge is 2.21. The molecule has 5 heteroatoms. The number of hydrogen-bond donors (Lipinski definition) is 1. The summed E-state index contributed by atoms with van der Waals surface area (Å²) in [6.45, 7) is 4.31. The Bertz CT molecular complexity index is 518. The molecule has 0 unspecified atom stereocenters.